The van der Waals surface area contributed by atoms with E-state index in [1.165, 1.54) is 11.1 Å². The first kappa shape index (κ1) is 13.5. The molecule has 0 atom stereocenters. The number of hydrogen-bond donors (Lipinski definition) is 0. The van der Waals surface area contributed by atoms with E-state index in [2.05, 4.69) is 58.5 Å². The van der Waals surface area contributed by atoms with E-state index in [1.54, 1.807) is 6.20 Å². The van der Waals surface area contributed by atoms with Crippen molar-refractivity contribution in [3.8, 4) is 11.3 Å². The van der Waals surface area contributed by atoms with E-state index in [4.69, 9.17) is 0 Å². The molecule has 0 spiro atoms. The summed E-state index contributed by atoms with van der Waals surface area (Å²) in [6, 6.07) is 20.7. The second kappa shape index (κ2) is 5.89. The lowest BCUT2D eigenvalue weighted by Gasteiger charge is -2.02. The van der Waals surface area contributed by atoms with Crippen LogP contribution in [0.3, 0.4) is 0 Å². The zero-order valence-corrected chi connectivity index (χ0v) is 12.5. The van der Waals surface area contributed by atoms with Crippen LogP contribution in [0.2, 0.25) is 0 Å². The molecule has 4 aromatic rings. The lowest BCUT2D eigenvalue weighted by atomic mass is 10.1. The summed E-state index contributed by atoms with van der Waals surface area (Å²) in [6.45, 7) is 0. The molecule has 4 rings (SSSR count). The molecule has 0 fully saturated rings. The molecule has 2 aromatic heterocycles. The van der Waals surface area contributed by atoms with Crippen LogP contribution in [0.25, 0.3) is 29.2 Å². The Balaban J connectivity index is 1.62. The third-order valence-corrected chi connectivity index (χ3v) is 3.76. The van der Waals surface area contributed by atoms with Crippen molar-refractivity contribution in [2.24, 2.45) is 0 Å². The summed E-state index contributed by atoms with van der Waals surface area (Å²) in [7, 11) is 0. The van der Waals surface area contributed by atoms with E-state index in [-0.39, 0.29) is 0 Å². The number of fused-ring (bicyclic) bond motifs is 1. The number of benzene rings is 2. The van der Waals surface area contributed by atoms with Crippen LogP contribution in [0.5, 0.6) is 0 Å². The Morgan fingerprint density at radius 3 is 2.26 bits per heavy atom. The van der Waals surface area contributed by atoms with Crippen molar-refractivity contribution >= 4 is 17.9 Å². The van der Waals surface area contributed by atoms with Crippen LogP contribution in [0.15, 0.2) is 79.3 Å². The molecule has 0 aliphatic heterocycles. The summed E-state index contributed by atoms with van der Waals surface area (Å²) in [6.07, 6.45) is 9.83. The Bertz CT molecular complexity index is 951. The molecule has 2 heterocycles. The zero-order valence-electron chi connectivity index (χ0n) is 12.5. The highest BCUT2D eigenvalue weighted by atomic mass is 15.1. The SMILES string of the molecule is C(=Cc1ccc(-c2cnc3ncccn23)cc1)c1ccccc1. The minimum absolute atomic E-state index is 0.718. The number of imidazole rings is 1. The van der Waals surface area contributed by atoms with E-state index in [1.807, 2.05) is 41.1 Å². The fraction of sp³-hybridized carbons (Fsp3) is 0. The number of aromatic nitrogens is 3. The van der Waals surface area contributed by atoms with Gasteiger partial charge in [-0.3, -0.25) is 4.40 Å². The predicted molar refractivity (Wildman–Crippen MR) is 93.8 cm³/mol. The molecule has 0 radical (unpaired) electrons. The van der Waals surface area contributed by atoms with Crippen LogP contribution in [-0.2, 0) is 0 Å². The Morgan fingerprint density at radius 1 is 0.739 bits per heavy atom. The monoisotopic (exact) mass is 297 g/mol. The molecule has 0 N–H and O–H groups in total. The first-order valence-corrected chi connectivity index (χ1v) is 7.52. The first-order chi connectivity index (χ1) is 11.4. The molecule has 3 nitrogen and oxygen atoms in total. The highest BCUT2D eigenvalue weighted by Crippen LogP contribution is 2.21. The minimum atomic E-state index is 0.718. The van der Waals surface area contributed by atoms with E-state index in [0.717, 1.165) is 17.0 Å². The van der Waals surface area contributed by atoms with Crippen LogP contribution >= 0.6 is 0 Å². The van der Waals surface area contributed by atoms with Gasteiger partial charge in [0, 0.05) is 18.0 Å². The molecule has 110 valence electrons. The third-order valence-electron chi connectivity index (χ3n) is 3.76. The summed E-state index contributed by atoms with van der Waals surface area (Å²) in [5.74, 6) is 0.718. The third kappa shape index (κ3) is 2.77. The van der Waals surface area contributed by atoms with Crippen molar-refractivity contribution in [1.82, 2.24) is 14.4 Å². The highest BCUT2D eigenvalue weighted by Gasteiger charge is 2.05. The van der Waals surface area contributed by atoms with Crippen LogP contribution in [-0.4, -0.2) is 14.4 Å². The number of hydrogen-bond acceptors (Lipinski definition) is 2. The molecule has 0 saturated heterocycles. The van der Waals surface area contributed by atoms with Gasteiger partial charge in [-0.05, 0) is 17.2 Å². The molecule has 0 aliphatic rings. The largest absolute Gasteiger partial charge is 0.284 e. The van der Waals surface area contributed by atoms with Gasteiger partial charge in [-0.2, -0.15) is 0 Å². The van der Waals surface area contributed by atoms with Gasteiger partial charge in [-0.25, -0.2) is 9.97 Å². The van der Waals surface area contributed by atoms with E-state index < -0.39 is 0 Å². The molecule has 23 heavy (non-hydrogen) atoms. The molecule has 0 saturated carbocycles. The molecule has 0 bridgehead atoms. The zero-order chi connectivity index (χ0) is 15.5. The van der Waals surface area contributed by atoms with Crippen LogP contribution in [0.1, 0.15) is 11.1 Å². The van der Waals surface area contributed by atoms with E-state index >= 15 is 0 Å². The molecule has 2 aromatic carbocycles. The van der Waals surface area contributed by atoms with Crippen molar-refractivity contribution in [3.63, 3.8) is 0 Å². The lowest BCUT2D eigenvalue weighted by Crippen LogP contribution is -1.89. The van der Waals surface area contributed by atoms with E-state index in [0.29, 0.717) is 0 Å². The van der Waals surface area contributed by atoms with Gasteiger partial charge in [0.2, 0.25) is 5.78 Å². The van der Waals surface area contributed by atoms with Crippen molar-refractivity contribution in [2.75, 3.05) is 0 Å². The van der Waals surface area contributed by atoms with Crippen LogP contribution < -0.4 is 0 Å². The molecule has 0 amide bonds. The number of rotatable bonds is 3. The smallest absolute Gasteiger partial charge is 0.234 e. The molecule has 3 heteroatoms. The minimum Gasteiger partial charge on any atom is -0.284 e. The maximum absolute atomic E-state index is 4.33. The Labute approximate surface area is 134 Å². The maximum atomic E-state index is 4.33. The second-order valence-electron chi connectivity index (χ2n) is 5.30. The van der Waals surface area contributed by atoms with Gasteiger partial charge < -0.3 is 0 Å². The van der Waals surface area contributed by atoms with Crippen LogP contribution in [0.4, 0.5) is 0 Å². The quantitative estimate of drug-likeness (QED) is 0.519. The van der Waals surface area contributed by atoms with Gasteiger partial charge in [0.1, 0.15) is 0 Å². The van der Waals surface area contributed by atoms with Crippen molar-refractivity contribution in [2.45, 2.75) is 0 Å². The average Bonchev–Trinajstić information content (AvgIpc) is 3.05. The van der Waals surface area contributed by atoms with Gasteiger partial charge in [0.05, 0.1) is 11.9 Å². The molecule has 0 unspecified atom stereocenters. The maximum Gasteiger partial charge on any atom is 0.234 e. The van der Waals surface area contributed by atoms with Gasteiger partial charge in [-0.1, -0.05) is 66.7 Å². The molecular weight excluding hydrogens is 282 g/mol. The highest BCUT2D eigenvalue weighted by molar-refractivity contribution is 5.71. The fourth-order valence-corrected chi connectivity index (χ4v) is 2.56. The number of nitrogens with zero attached hydrogens (tertiary/aromatic N) is 3. The first-order valence-electron chi connectivity index (χ1n) is 7.52. The van der Waals surface area contributed by atoms with E-state index in [9.17, 15) is 0 Å². The van der Waals surface area contributed by atoms with Gasteiger partial charge in [0.15, 0.2) is 0 Å². The summed E-state index contributed by atoms with van der Waals surface area (Å²) in [5, 5.41) is 0. The Morgan fingerprint density at radius 2 is 1.48 bits per heavy atom. The Hall–Kier alpha value is -3.20. The summed E-state index contributed by atoms with van der Waals surface area (Å²) >= 11 is 0. The normalized spacial score (nSPS) is 11.3. The van der Waals surface area contributed by atoms with Gasteiger partial charge in [-0.15, -0.1) is 0 Å². The Kier molecular flexibility index (Phi) is 3.45. The van der Waals surface area contributed by atoms with Gasteiger partial charge >= 0.3 is 0 Å². The van der Waals surface area contributed by atoms with Crippen LogP contribution in [0, 0.1) is 0 Å². The second-order valence-corrected chi connectivity index (χ2v) is 5.30. The molecular formula is C20H15N3. The topological polar surface area (TPSA) is 30.2 Å². The average molecular weight is 297 g/mol. The predicted octanol–water partition coefficient (Wildman–Crippen LogP) is 4.57. The summed E-state index contributed by atoms with van der Waals surface area (Å²) < 4.78 is 1.99. The fourth-order valence-electron chi connectivity index (χ4n) is 2.56. The lowest BCUT2D eigenvalue weighted by molar-refractivity contribution is 1.11. The summed E-state index contributed by atoms with van der Waals surface area (Å²) in [4.78, 5) is 8.58. The standard InChI is InChI=1S/C20H15N3/c1-2-5-16(6-3-1)7-8-17-9-11-18(12-10-17)19-15-22-20-21-13-4-14-23(19)20/h1-15H. The molecule has 0 aliphatic carbocycles. The van der Waals surface area contributed by atoms with Crippen molar-refractivity contribution in [1.29, 1.82) is 0 Å². The summed E-state index contributed by atoms with van der Waals surface area (Å²) in [5.41, 5.74) is 4.54. The van der Waals surface area contributed by atoms with Gasteiger partial charge in [0.25, 0.3) is 0 Å². The van der Waals surface area contributed by atoms with Crippen molar-refractivity contribution in [3.05, 3.63) is 90.4 Å². The van der Waals surface area contributed by atoms with Crippen molar-refractivity contribution < 1.29 is 0 Å².